The van der Waals surface area contributed by atoms with Crippen LogP contribution in [0.3, 0.4) is 0 Å². The lowest BCUT2D eigenvalue weighted by Gasteiger charge is -2.04. The van der Waals surface area contributed by atoms with Crippen LogP contribution in [0.4, 0.5) is 10.1 Å². The minimum Gasteiger partial charge on any atom is -0.326 e. The van der Waals surface area contributed by atoms with Gasteiger partial charge in [0.25, 0.3) is 0 Å². The van der Waals surface area contributed by atoms with Gasteiger partial charge in [-0.1, -0.05) is 6.07 Å². The Kier molecular flexibility index (Phi) is 3.89. The summed E-state index contributed by atoms with van der Waals surface area (Å²) in [6, 6.07) is 4.57. The maximum Gasteiger partial charge on any atom is 0.225 e. The quantitative estimate of drug-likeness (QED) is 0.772. The number of alkyl halides is 1. The van der Waals surface area contributed by atoms with E-state index in [1.807, 2.05) is 0 Å². The molecule has 0 aliphatic heterocycles. The van der Waals surface area contributed by atoms with Gasteiger partial charge in [0.05, 0.1) is 0 Å². The Hall–Kier alpha value is -1.09. The Labute approximate surface area is 87.1 Å². The van der Waals surface area contributed by atoms with Crippen LogP contribution in [0.15, 0.2) is 18.2 Å². The summed E-state index contributed by atoms with van der Waals surface area (Å²) in [7, 11) is 0. The maximum absolute atomic E-state index is 13.0. The first-order chi connectivity index (χ1) is 6.63. The lowest BCUT2D eigenvalue weighted by molar-refractivity contribution is -0.115. The van der Waals surface area contributed by atoms with E-state index in [0.29, 0.717) is 11.3 Å². The minimum atomic E-state index is -0.325. The molecule has 14 heavy (non-hydrogen) atoms. The van der Waals surface area contributed by atoms with Gasteiger partial charge in [-0.15, -0.1) is 11.6 Å². The van der Waals surface area contributed by atoms with Crippen molar-refractivity contribution in [3.05, 3.63) is 29.6 Å². The number of benzene rings is 1. The molecule has 0 radical (unpaired) electrons. The van der Waals surface area contributed by atoms with Crippen LogP contribution >= 0.6 is 11.6 Å². The molecule has 1 N–H and O–H groups in total. The Morgan fingerprint density at radius 1 is 1.57 bits per heavy atom. The third-order valence-electron chi connectivity index (χ3n) is 1.78. The van der Waals surface area contributed by atoms with Gasteiger partial charge in [-0.25, -0.2) is 4.39 Å². The smallest absolute Gasteiger partial charge is 0.225 e. The molecule has 0 saturated carbocycles. The molecule has 0 unspecified atom stereocenters. The highest BCUT2D eigenvalue weighted by Gasteiger charge is 2.03. The molecule has 0 spiro atoms. The average Bonchev–Trinajstić information content (AvgIpc) is 2.12. The Morgan fingerprint density at radius 3 is 2.86 bits per heavy atom. The SMILES string of the molecule is Cc1ccc(NC(=O)CCCl)cc1F. The molecule has 2 nitrogen and oxygen atoms in total. The molecule has 4 heteroatoms. The number of rotatable bonds is 3. The van der Waals surface area contributed by atoms with E-state index in [1.54, 1.807) is 19.1 Å². The fourth-order valence-electron chi connectivity index (χ4n) is 0.980. The molecular weight excluding hydrogens is 205 g/mol. The summed E-state index contributed by atoms with van der Waals surface area (Å²) >= 11 is 5.38. The maximum atomic E-state index is 13.0. The van der Waals surface area contributed by atoms with Crippen molar-refractivity contribution >= 4 is 23.2 Å². The van der Waals surface area contributed by atoms with Gasteiger partial charge in [-0.3, -0.25) is 4.79 Å². The van der Waals surface area contributed by atoms with Gasteiger partial charge < -0.3 is 5.32 Å². The van der Waals surface area contributed by atoms with Crippen molar-refractivity contribution in [3.63, 3.8) is 0 Å². The number of nitrogens with one attached hydrogen (secondary N) is 1. The number of carbonyl (C=O) groups excluding carboxylic acids is 1. The molecule has 0 bridgehead atoms. The Bertz CT molecular complexity index is 341. The van der Waals surface area contributed by atoms with Gasteiger partial charge in [0, 0.05) is 18.0 Å². The predicted molar refractivity (Wildman–Crippen MR) is 55.1 cm³/mol. The Morgan fingerprint density at radius 2 is 2.29 bits per heavy atom. The molecular formula is C10H11ClFNO. The van der Waals surface area contributed by atoms with Crippen LogP contribution in [-0.2, 0) is 4.79 Å². The summed E-state index contributed by atoms with van der Waals surface area (Å²) in [4.78, 5) is 11.1. The standard InChI is InChI=1S/C10H11ClFNO/c1-7-2-3-8(6-9(7)12)13-10(14)4-5-11/h2-3,6H,4-5H2,1H3,(H,13,14). The number of hydrogen-bond donors (Lipinski definition) is 1. The molecule has 1 aromatic rings. The molecule has 0 heterocycles. The molecule has 0 aromatic heterocycles. The summed E-state index contributed by atoms with van der Waals surface area (Å²) < 4.78 is 13.0. The summed E-state index contributed by atoms with van der Waals surface area (Å²) in [5.41, 5.74) is 1.02. The second-order valence-electron chi connectivity index (χ2n) is 2.95. The van der Waals surface area contributed by atoms with Crippen molar-refractivity contribution < 1.29 is 9.18 Å². The molecule has 0 atom stereocenters. The van der Waals surface area contributed by atoms with E-state index >= 15 is 0 Å². The van der Waals surface area contributed by atoms with Crippen molar-refractivity contribution in [2.75, 3.05) is 11.2 Å². The number of anilines is 1. The summed E-state index contributed by atoms with van der Waals surface area (Å²) in [6.07, 6.45) is 0.233. The molecule has 76 valence electrons. The summed E-state index contributed by atoms with van der Waals surface area (Å²) in [5.74, 6) is -0.267. The van der Waals surface area contributed by atoms with E-state index in [4.69, 9.17) is 11.6 Å². The topological polar surface area (TPSA) is 29.1 Å². The minimum absolute atomic E-state index is 0.205. The third kappa shape index (κ3) is 3.00. The van der Waals surface area contributed by atoms with Crippen LogP contribution in [-0.4, -0.2) is 11.8 Å². The van der Waals surface area contributed by atoms with Crippen LogP contribution in [0.2, 0.25) is 0 Å². The van der Waals surface area contributed by atoms with Gasteiger partial charge in [0.2, 0.25) is 5.91 Å². The van der Waals surface area contributed by atoms with Crippen molar-refractivity contribution in [1.29, 1.82) is 0 Å². The van der Waals surface area contributed by atoms with Gasteiger partial charge in [-0.05, 0) is 24.6 Å². The highest BCUT2D eigenvalue weighted by Crippen LogP contribution is 2.13. The van der Waals surface area contributed by atoms with Crippen molar-refractivity contribution in [2.45, 2.75) is 13.3 Å². The van der Waals surface area contributed by atoms with Gasteiger partial charge in [-0.2, -0.15) is 0 Å². The monoisotopic (exact) mass is 215 g/mol. The van der Waals surface area contributed by atoms with E-state index < -0.39 is 0 Å². The first kappa shape index (κ1) is 11.0. The second kappa shape index (κ2) is 4.96. The highest BCUT2D eigenvalue weighted by atomic mass is 35.5. The average molecular weight is 216 g/mol. The van der Waals surface area contributed by atoms with Gasteiger partial charge >= 0.3 is 0 Å². The lowest BCUT2D eigenvalue weighted by Crippen LogP contribution is -2.11. The molecule has 0 saturated heterocycles. The van der Waals surface area contributed by atoms with Crippen LogP contribution in [0.5, 0.6) is 0 Å². The number of halogens is 2. The Balaban J connectivity index is 2.68. The molecule has 0 aliphatic rings. The second-order valence-corrected chi connectivity index (χ2v) is 3.33. The number of carbonyl (C=O) groups is 1. The van der Waals surface area contributed by atoms with Crippen molar-refractivity contribution in [1.82, 2.24) is 0 Å². The first-order valence-corrected chi connectivity index (χ1v) is 4.79. The summed E-state index contributed by atoms with van der Waals surface area (Å²) in [6.45, 7) is 1.67. The normalized spacial score (nSPS) is 9.93. The zero-order valence-electron chi connectivity index (χ0n) is 7.81. The van der Waals surface area contributed by atoms with Crippen LogP contribution in [0.25, 0.3) is 0 Å². The summed E-state index contributed by atoms with van der Waals surface area (Å²) in [5, 5.41) is 2.55. The van der Waals surface area contributed by atoms with E-state index in [9.17, 15) is 9.18 Å². The van der Waals surface area contributed by atoms with E-state index in [1.165, 1.54) is 6.07 Å². The number of aryl methyl sites for hydroxylation is 1. The number of amides is 1. The molecule has 0 fully saturated rings. The van der Waals surface area contributed by atoms with E-state index in [2.05, 4.69) is 5.32 Å². The first-order valence-electron chi connectivity index (χ1n) is 4.25. The zero-order valence-corrected chi connectivity index (χ0v) is 8.57. The molecule has 1 rings (SSSR count). The van der Waals surface area contributed by atoms with Crippen LogP contribution < -0.4 is 5.32 Å². The highest BCUT2D eigenvalue weighted by molar-refractivity contribution is 6.19. The zero-order chi connectivity index (χ0) is 10.6. The van der Waals surface area contributed by atoms with Crippen molar-refractivity contribution in [2.24, 2.45) is 0 Å². The van der Waals surface area contributed by atoms with Crippen LogP contribution in [0, 0.1) is 12.7 Å². The fourth-order valence-corrected chi connectivity index (χ4v) is 1.15. The van der Waals surface area contributed by atoms with Crippen LogP contribution in [0.1, 0.15) is 12.0 Å². The molecule has 0 aliphatic carbocycles. The molecule has 1 amide bonds. The van der Waals surface area contributed by atoms with Gasteiger partial charge in [0.1, 0.15) is 5.82 Å². The third-order valence-corrected chi connectivity index (χ3v) is 1.97. The fraction of sp³-hybridized carbons (Fsp3) is 0.300. The van der Waals surface area contributed by atoms with E-state index in [-0.39, 0.29) is 24.0 Å². The van der Waals surface area contributed by atoms with Crippen molar-refractivity contribution in [3.8, 4) is 0 Å². The lowest BCUT2D eigenvalue weighted by atomic mass is 10.2. The molecule has 1 aromatic carbocycles. The van der Waals surface area contributed by atoms with Gasteiger partial charge in [0.15, 0.2) is 0 Å². The number of hydrogen-bond acceptors (Lipinski definition) is 1. The predicted octanol–water partition coefficient (Wildman–Crippen LogP) is 2.70. The van der Waals surface area contributed by atoms with E-state index in [0.717, 1.165) is 0 Å². The largest absolute Gasteiger partial charge is 0.326 e.